The van der Waals surface area contributed by atoms with Gasteiger partial charge in [0.15, 0.2) is 23.0 Å². The Morgan fingerprint density at radius 2 is 1.21 bits per heavy atom. The smallest absolute Gasteiger partial charge is 0.232 e. The van der Waals surface area contributed by atoms with E-state index in [1.165, 1.54) is 40.6 Å². The minimum absolute atomic E-state index is 0.0424. The Bertz CT molecular complexity index is 1020. The molecule has 0 amide bonds. The first-order chi connectivity index (χ1) is 16.0. The van der Waals surface area contributed by atoms with E-state index in [0.29, 0.717) is 17.9 Å². The Morgan fingerprint density at radius 1 is 0.794 bits per heavy atom. The van der Waals surface area contributed by atoms with Gasteiger partial charge in [0.2, 0.25) is 18.2 Å². The van der Waals surface area contributed by atoms with Gasteiger partial charge in [-0.3, -0.25) is 9.59 Å². The number of benzene rings is 2. The van der Waals surface area contributed by atoms with Crippen LogP contribution in [0.2, 0.25) is 0 Å². The molecule has 0 aliphatic rings. The van der Waals surface area contributed by atoms with Gasteiger partial charge < -0.3 is 23.5 Å². The summed E-state index contributed by atoms with van der Waals surface area (Å²) in [5.41, 5.74) is -2.00. The summed E-state index contributed by atoms with van der Waals surface area (Å²) in [6.45, 7) is 7.94. The summed E-state index contributed by atoms with van der Waals surface area (Å²) in [6.07, 6.45) is 0.582. The molecule has 0 saturated carbocycles. The number of carbonyl (C=O) groups is 2. The van der Waals surface area contributed by atoms with Crippen LogP contribution in [0.3, 0.4) is 0 Å². The van der Waals surface area contributed by atoms with Crippen LogP contribution in [0.25, 0.3) is 0 Å². The quantitative estimate of drug-likeness (QED) is 0.330. The van der Waals surface area contributed by atoms with Gasteiger partial charge in [0.05, 0.1) is 39.6 Å². The fourth-order valence-corrected chi connectivity index (χ4v) is 7.45. The second-order valence-electron chi connectivity index (χ2n) is 9.35. The van der Waals surface area contributed by atoms with Crippen molar-refractivity contribution in [2.75, 3.05) is 34.6 Å². The van der Waals surface area contributed by atoms with Gasteiger partial charge in [-0.1, -0.05) is 39.8 Å². The highest BCUT2D eigenvalue weighted by atomic mass is 31.2. The molecule has 0 aromatic heterocycles. The van der Waals surface area contributed by atoms with Gasteiger partial charge in [-0.05, 0) is 42.0 Å². The predicted octanol–water partition coefficient (Wildman–Crippen LogP) is 6.14. The fraction of sp³-hybridized carbons (Fsp3) is 0.462. The van der Waals surface area contributed by atoms with Crippen LogP contribution in [0.5, 0.6) is 23.0 Å². The summed E-state index contributed by atoms with van der Waals surface area (Å²) in [5, 5.41) is 0. The lowest BCUT2D eigenvalue weighted by molar-refractivity contribution is 0.103. The van der Waals surface area contributed by atoms with Crippen LogP contribution < -0.4 is 18.9 Å². The molecule has 0 saturated heterocycles. The molecule has 0 heterocycles. The summed E-state index contributed by atoms with van der Waals surface area (Å²) in [7, 11) is 1.48. The van der Waals surface area contributed by atoms with Crippen LogP contribution >= 0.6 is 7.14 Å². The lowest BCUT2D eigenvalue weighted by Gasteiger charge is -2.30. The molecule has 0 unspecified atom stereocenters. The SMILES string of the molecule is COc1cccc(C(=O)P(=O)(CC(C)(C)CC(C)C)C(=O)c2cccc(OC)c2OC)c1OC. The van der Waals surface area contributed by atoms with Gasteiger partial charge in [0.25, 0.3) is 0 Å². The molecule has 7 nitrogen and oxygen atoms in total. The van der Waals surface area contributed by atoms with E-state index in [9.17, 15) is 14.2 Å². The molecular formula is C26H35O7P. The van der Waals surface area contributed by atoms with Crippen LogP contribution in [0.15, 0.2) is 36.4 Å². The zero-order chi connectivity index (χ0) is 25.7. The van der Waals surface area contributed by atoms with Crippen molar-refractivity contribution in [3.8, 4) is 23.0 Å². The first kappa shape index (κ1) is 27.5. The van der Waals surface area contributed by atoms with Crippen LogP contribution in [-0.2, 0) is 4.57 Å². The molecule has 0 bridgehead atoms. The summed E-state index contributed by atoms with van der Waals surface area (Å²) >= 11 is 0. The molecular weight excluding hydrogens is 455 g/mol. The van der Waals surface area contributed by atoms with Crippen molar-refractivity contribution in [1.29, 1.82) is 0 Å². The van der Waals surface area contributed by atoms with Crippen LogP contribution in [0.1, 0.15) is 54.8 Å². The first-order valence-corrected chi connectivity index (χ1v) is 13.0. The zero-order valence-electron chi connectivity index (χ0n) is 21.3. The third kappa shape index (κ3) is 5.64. The molecule has 0 aliphatic heterocycles. The average Bonchev–Trinajstić information content (AvgIpc) is 2.80. The normalized spacial score (nSPS) is 11.8. The minimum Gasteiger partial charge on any atom is -0.493 e. The van der Waals surface area contributed by atoms with Gasteiger partial charge in [0, 0.05) is 6.16 Å². The predicted molar refractivity (Wildman–Crippen MR) is 133 cm³/mol. The Hall–Kier alpha value is -2.79. The zero-order valence-corrected chi connectivity index (χ0v) is 22.2. The lowest BCUT2D eigenvalue weighted by Crippen LogP contribution is -2.26. The van der Waals surface area contributed by atoms with Gasteiger partial charge in [-0.2, -0.15) is 0 Å². The number of ether oxygens (including phenoxy) is 4. The van der Waals surface area contributed by atoms with E-state index in [-0.39, 0.29) is 34.7 Å². The van der Waals surface area contributed by atoms with E-state index in [2.05, 4.69) is 0 Å². The summed E-state index contributed by atoms with van der Waals surface area (Å²) in [4.78, 5) is 27.9. The van der Waals surface area contributed by atoms with Crippen molar-refractivity contribution >= 4 is 18.2 Å². The molecule has 2 aromatic rings. The van der Waals surface area contributed by atoms with E-state index in [1.54, 1.807) is 24.3 Å². The third-order valence-electron chi connectivity index (χ3n) is 5.53. The monoisotopic (exact) mass is 490 g/mol. The van der Waals surface area contributed by atoms with Gasteiger partial charge in [-0.15, -0.1) is 0 Å². The Labute approximate surface area is 202 Å². The molecule has 8 heteroatoms. The molecule has 186 valence electrons. The van der Waals surface area contributed by atoms with E-state index in [1.807, 2.05) is 27.7 Å². The average molecular weight is 491 g/mol. The lowest BCUT2D eigenvalue weighted by atomic mass is 9.86. The first-order valence-electron chi connectivity index (χ1n) is 11.1. The molecule has 2 aromatic carbocycles. The number of carbonyl (C=O) groups excluding carboxylic acids is 2. The minimum atomic E-state index is -4.21. The molecule has 34 heavy (non-hydrogen) atoms. The maximum Gasteiger partial charge on any atom is 0.232 e. The second kappa shape index (κ2) is 11.1. The summed E-state index contributed by atoms with van der Waals surface area (Å²) in [5.74, 6) is 1.19. The fourth-order valence-electron chi connectivity index (χ4n) is 4.51. The number of hydrogen-bond acceptors (Lipinski definition) is 7. The Kier molecular flexibility index (Phi) is 8.96. The van der Waals surface area contributed by atoms with E-state index in [4.69, 9.17) is 18.9 Å². The van der Waals surface area contributed by atoms with Gasteiger partial charge >= 0.3 is 0 Å². The molecule has 0 aliphatic carbocycles. The maximum atomic E-state index is 14.7. The number of rotatable bonds is 12. The molecule has 0 radical (unpaired) electrons. The topological polar surface area (TPSA) is 88.1 Å². The van der Waals surface area contributed by atoms with Crippen molar-refractivity contribution in [3.05, 3.63) is 47.5 Å². The summed E-state index contributed by atoms with van der Waals surface area (Å²) in [6, 6.07) is 9.49. The Morgan fingerprint density at radius 3 is 1.53 bits per heavy atom. The largest absolute Gasteiger partial charge is 0.493 e. The molecule has 0 spiro atoms. The van der Waals surface area contributed by atoms with E-state index < -0.39 is 23.6 Å². The van der Waals surface area contributed by atoms with E-state index >= 15 is 0 Å². The highest BCUT2D eigenvalue weighted by Gasteiger charge is 2.47. The van der Waals surface area contributed by atoms with Crippen molar-refractivity contribution in [1.82, 2.24) is 0 Å². The van der Waals surface area contributed by atoms with Crippen LogP contribution in [0.4, 0.5) is 0 Å². The van der Waals surface area contributed by atoms with Crippen LogP contribution in [0, 0.1) is 11.3 Å². The molecule has 2 rings (SSSR count). The van der Waals surface area contributed by atoms with Crippen molar-refractivity contribution < 1.29 is 33.1 Å². The van der Waals surface area contributed by atoms with Crippen molar-refractivity contribution in [2.24, 2.45) is 11.3 Å². The molecule has 0 fully saturated rings. The van der Waals surface area contributed by atoms with E-state index in [0.717, 1.165) is 0 Å². The standard InChI is InChI=1S/C26H35O7P/c1-17(2)15-26(3,4)16-34(29,24(27)18-11-9-13-20(30-5)22(18)32-7)25(28)19-12-10-14-21(31-6)23(19)33-8/h9-14,17H,15-16H2,1-8H3. The molecule has 0 atom stereocenters. The summed E-state index contributed by atoms with van der Waals surface area (Å²) < 4.78 is 36.1. The van der Waals surface area contributed by atoms with Crippen molar-refractivity contribution in [3.63, 3.8) is 0 Å². The van der Waals surface area contributed by atoms with Crippen LogP contribution in [-0.4, -0.2) is 45.6 Å². The van der Waals surface area contributed by atoms with Crippen molar-refractivity contribution in [2.45, 2.75) is 34.1 Å². The number of para-hydroxylation sites is 2. The number of hydrogen-bond donors (Lipinski definition) is 0. The van der Waals surface area contributed by atoms with Gasteiger partial charge in [0.1, 0.15) is 0 Å². The third-order valence-corrected chi connectivity index (χ3v) is 8.63. The van der Waals surface area contributed by atoms with Gasteiger partial charge in [-0.25, -0.2) is 0 Å². The highest BCUT2D eigenvalue weighted by Crippen LogP contribution is 2.59. The maximum absolute atomic E-state index is 14.7. The number of methoxy groups -OCH3 is 4. The second-order valence-corrected chi connectivity index (χ2v) is 12.0. The Balaban J connectivity index is 2.76. The highest BCUT2D eigenvalue weighted by molar-refractivity contribution is 7.95. The molecule has 0 N–H and O–H groups in total.